The van der Waals surface area contributed by atoms with Gasteiger partial charge in [0.1, 0.15) is 5.75 Å². The van der Waals surface area contributed by atoms with Gasteiger partial charge in [-0.15, -0.1) is 0 Å². The summed E-state index contributed by atoms with van der Waals surface area (Å²) < 4.78 is 30.6. The van der Waals surface area contributed by atoms with Crippen molar-refractivity contribution in [2.75, 3.05) is 30.8 Å². The van der Waals surface area contributed by atoms with E-state index >= 15 is 0 Å². The summed E-state index contributed by atoms with van der Waals surface area (Å²) in [5, 5.41) is 2.74. The van der Waals surface area contributed by atoms with Gasteiger partial charge in [0.05, 0.1) is 19.1 Å². The Morgan fingerprint density at radius 3 is 2.59 bits per heavy atom. The molecular weight excluding hydrogens is 304 g/mol. The molecule has 0 aliphatic heterocycles. The number of ether oxygens (including phenoxy) is 1. The van der Waals surface area contributed by atoms with Crippen LogP contribution in [0.1, 0.15) is 25.3 Å². The third-order valence-electron chi connectivity index (χ3n) is 3.12. The van der Waals surface area contributed by atoms with Gasteiger partial charge < -0.3 is 10.1 Å². The van der Waals surface area contributed by atoms with Crippen LogP contribution in [-0.4, -0.2) is 40.8 Å². The van der Waals surface area contributed by atoms with E-state index in [9.17, 15) is 13.2 Å². The predicted molar refractivity (Wildman–Crippen MR) is 87.8 cm³/mol. The van der Waals surface area contributed by atoms with Gasteiger partial charge in [-0.1, -0.05) is 13.0 Å². The molecule has 0 saturated heterocycles. The highest BCUT2D eigenvalue weighted by Gasteiger charge is 2.22. The largest absolute Gasteiger partial charge is 0.495 e. The van der Waals surface area contributed by atoms with E-state index in [4.69, 9.17) is 4.74 Å². The van der Waals surface area contributed by atoms with Crippen LogP contribution < -0.4 is 14.4 Å². The molecule has 1 rings (SSSR count). The van der Waals surface area contributed by atoms with Crippen molar-refractivity contribution in [3.63, 3.8) is 0 Å². The van der Waals surface area contributed by atoms with Crippen LogP contribution in [0.15, 0.2) is 18.2 Å². The summed E-state index contributed by atoms with van der Waals surface area (Å²) >= 11 is 0. The molecule has 0 aliphatic carbocycles. The minimum atomic E-state index is -3.51. The second-order valence-electron chi connectivity index (χ2n) is 5.11. The zero-order chi connectivity index (χ0) is 16.8. The Morgan fingerprint density at radius 1 is 1.36 bits per heavy atom. The number of hydrogen-bond acceptors (Lipinski definition) is 4. The first-order valence-electron chi connectivity index (χ1n) is 7.18. The van der Waals surface area contributed by atoms with Crippen LogP contribution in [0.5, 0.6) is 5.75 Å². The molecular formula is C15H24N2O4S. The molecule has 1 aromatic carbocycles. The van der Waals surface area contributed by atoms with Gasteiger partial charge in [0, 0.05) is 19.5 Å². The van der Waals surface area contributed by atoms with Crippen molar-refractivity contribution in [1.29, 1.82) is 0 Å². The van der Waals surface area contributed by atoms with Crippen LogP contribution >= 0.6 is 0 Å². The van der Waals surface area contributed by atoms with Crippen molar-refractivity contribution in [2.45, 2.75) is 26.7 Å². The Balaban J connectivity index is 3.00. The van der Waals surface area contributed by atoms with Crippen molar-refractivity contribution < 1.29 is 17.9 Å². The van der Waals surface area contributed by atoms with E-state index in [2.05, 4.69) is 5.32 Å². The molecule has 0 spiro atoms. The van der Waals surface area contributed by atoms with Crippen molar-refractivity contribution in [3.05, 3.63) is 23.8 Å². The topological polar surface area (TPSA) is 75.7 Å². The Labute approximate surface area is 132 Å². The van der Waals surface area contributed by atoms with Gasteiger partial charge in [0.25, 0.3) is 0 Å². The average Bonchev–Trinajstić information content (AvgIpc) is 2.44. The zero-order valence-electron chi connectivity index (χ0n) is 13.5. The minimum absolute atomic E-state index is 0.0776. The van der Waals surface area contributed by atoms with E-state index in [0.29, 0.717) is 18.0 Å². The Hall–Kier alpha value is -1.76. The lowest BCUT2D eigenvalue weighted by atomic mass is 10.2. The third-order valence-corrected chi connectivity index (χ3v) is 4.30. The highest BCUT2D eigenvalue weighted by Crippen LogP contribution is 2.31. The lowest BCUT2D eigenvalue weighted by Gasteiger charge is -2.24. The molecule has 124 valence electrons. The van der Waals surface area contributed by atoms with Gasteiger partial charge in [0.2, 0.25) is 15.9 Å². The molecule has 0 fully saturated rings. The SMILES string of the molecule is CCCNC(=O)CCN(c1cc(C)ccc1OC)S(C)(=O)=O. The number of benzene rings is 1. The molecule has 0 bridgehead atoms. The third kappa shape index (κ3) is 5.22. The van der Waals surface area contributed by atoms with Gasteiger partial charge in [-0.05, 0) is 31.0 Å². The number of anilines is 1. The highest BCUT2D eigenvalue weighted by molar-refractivity contribution is 7.92. The molecule has 1 N–H and O–H groups in total. The van der Waals surface area contributed by atoms with Crippen molar-refractivity contribution in [1.82, 2.24) is 5.32 Å². The summed E-state index contributed by atoms with van der Waals surface area (Å²) in [7, 11) is -2.02. The van der Waals surface area contributed by atoms with E-state index in [1.54, 1.807) is 12.1 Å². The number of rotatable bonds is 8. The molecule has 0 atom stereocenters. The van der Waals surface area contributed by atoms with Crippen LogP contribution in [0.4, 0.5) is 5.69 Å². The smallest absolute Gasteiger partial charge is 0.232 e. The molecule has 0 radical (unpaired) electrons. The Bertz CT molecular complexity index is 614. The zero-order valence-corrected chi connectivity index (χ0v) is 14.4. The molecule has 0 aliphatic rings. The molecule has 0 heterocycles. The van der Waals surface area contributed by atoms with Crippen LogP contribution in [0.3, 0.4) is 0 Å². The summed E-state index contributed by atoms with van der Waals surface area (Å²) in [6, 6.07) is 5.31. The van der Waals surface area contributed by atoms with Crippen LogP contribution in [0, 0.1) is 6.92 Å². The highest BCUT2D eigenvalue weighted by atomic mass is 32.2. The fourth-order valence-electron chi connectivity index (χ4n) is 2.02. The van der Waals surface area contributed by atoms with Gasteiger partial charge in [-0.2, -0.15) is 0 Å². The van der Waals surface area contributed by atoms with Gasteiger partial charge in [-0.25, -0.2) is 8.42 Å². The second-order valence-corrected chi connectivity index (χ2v) is 7.02. The van der Waals surface area contributed by atoms with E-state index in [1.807, 2.05) is 19.9 Å². The van der Waals surface area contributed by atoms with Crippen LogP contribution in [0.2, 0.25) is 0 Å². The van der Waals surface area contributed by atoms with E-state index < -0.39 is 10.0 Å². The number of carbonyl (C=O) groups is 1. The average molecular weight is 328 g/mol. The van der Waals surface area contributed by atoms with Crippen LogP contribution in [-0.2, 0) is 14.8 Å². The molecule has 0 unspecified atom stereocenters. The van der Waals surface area contributed by atoms with Gasteiger partial charge in [-0.3, -0.25) is 9.10 Å². The van der Waals surface area contributed by atoms with Crippen molar-refractivity contribution in [2.24, 2.45) is 0 Å². The summed E-state index contributed by atoms with van der Waals surface area (Å²) in [6.07, 6.45) is 2.07. The number of nitrogens with zero attached hydrogens (tertiary/aromatic N) is 1. The predicted octanol–water partition coefficient (Wildman–Crippen LogP) is 1.69. The lowest BCUT2D eigenvalue weighted by Crippen LogP contribution is -2.35. The fourth-order valence-corrected chi connectivity index (χ4v) is 2.94. The number of sulfonamides is 1. The molecule has 1 amide bonds. The number of methoxy groups -OCH3 is 1. The maximum atomic E-state index is 12.1. The van der Waals surface area contributed by atoms with E-state index in [1.165, 1.54) is 11.4 Å². The lowest BCUT2D eigenvalue weighted by molar-refractivity contribution is -0.120. The molecule has 1 aromatic rings. The summed E-state index contributed by atoms with van der Waals surface area (Å²) in [4.78, 5) is 11.7. The van der Waals surface area contributed by atoms with Crippen molar-refractivity contribution in [3.8, 4) is 5.75 Å². The molecule has 0 aromatic heterocycles. The van der Waals surface area contributed by atoms with Gasteiger partial charge >= 0.3 is 0 Å². The van der Waals surface area contributed by atoms with Gasteiger partial charge in [0.15, 0.2) is 0 Å². The number of hydrogen-bond donors (Lipinski definition) is 1. The summed E-state index contributed by atoms with van der Waals surface area (Å²) in [6.45, 7) is 4.50. The molecule has 0 saturated carbocycles. The Morgan fingerprint density at radius 2 is 2.05 bits per heavy atom. The monoisotopic (exact) mass is 328 g/mol. The number of nitrogens with one attached hydrogen (secondary N) is 1. The van der Waals surface area contributed by atoms with E-state index in [-0.39, 0.29) is 18.9 Å². The summed E-state index contributed by atoms with van der Waals surface area (Å²) in [5.74, 6) is 0.298. The number of amides is 1. The maximum Gasteiger partial charge on any atom is 0.232 e. The minimum Gasteiger partial charge on any atom is -0.495 e. The first kappa shape index (κ1) is 18.3. The number of aryl methyl sites for hydroxylation is 1. The number of carbonyl (C=O) groups excluding carboxylic acids is 1. The molecule has 7 heteroatoms. The standard InChI is InChI=1S/C15H24N2O4S/c1-5-9-16-15(18)8-10-17(22(4,19)20)13-11-12(2)6-7-14(13)21-3/h6-7,11H,5,8-10H2,1-4H3,(H,16,18). The fraction of sp³-hybridized carbons (Fsp3) is 0.533. The summed E-state index contributed by atoms with van der Waals surface area (Å²) in [5.41, 5.74) is 1.37. The molecule has 22 heavy (non-hydrogen) atoms. The normalized spacial score (nSPS) is 11.1. The quantitative estimate of drug-likeness (QED) is 0.788. The van der Waals surface area contributed by atoms with Crippen LogP contribution in [0.25, 0.3) is 0 Å². The second kappa shape index (κ2) is 8.03. The first-order chi connectivity index (χ1) is 10.3. The first-order valence-corrected chi connectivity index (χ1v) is 9.03. The Kier molecular flexibility index (Phi) is 6.67. The van der Waals surface area contributed by atoms with Crippen molar-refractivity contribution >= 4 is 21.6 Å². The maximum absolute atomic E-state index is 12.1. The van der Waals surface area contributed by atoms with E-state index in [0.717, 1.165) is 18.2 Å². The molecule has 6 nitrogen and oxygen atoms in total.